The van der Waals surface area contributed by atoms with E-state index in [4.69, 9.17) is 31.5 Å². The predicted octanol–water partition coefficient (Wildman–Crippen LogP) is 7.83. The van der Waals surface area contributed by atoms with Crippen LogP contribution in [-0.4, -0.2) is 28.8 Å². The Balaban J connectivity index is -0.000000362. The van der Waals surface area contributed by atoms with Gasteiger partial charge in [0.25, 0.3) is 0 Å². The van der Waals surface area contributed by atoms with E-state index in [0.29, 0.717) is 25.0 Å². The predicted molar refractivity (Wildman–Crippen MR) is 138 cm³/mol. The minimum absolute atomic E-state index is 0. The molecule has 2 saturated carbocycles. The monoisotopic (exact) mass is 704 g/mol. The van der Waals surface area contributed by atoms with Gasteiger partial charge in [-0.2, -0.15) is 14.9 Å². The van der Waals surface area contributed by atoms with E-state index in [-0.39, 0.29) is 84.2 Å². The maximum atomic E-state index is 14.4. The van der Waals surface area contributed by atoms with E-state index >= 15 is 0 Å². The second-order valence-corrected chi connectivity index (χ2v) is 9.16. The van der Waals surface area contributed by atoms with Crippen LogP contribution in [0.3, 0.4) is 0 Å². The van der Waals surface area contributed by atoms with Gasteiger partial charge in [0.2, 0.25) is 11.6 Å². The number of unbranched alkanes of at least 4 members (excludes halogenated alkanes) is 1. The molecule has 0 saturated heterocycles. The van der Waals surface area contributed by atoms with Gasteiger partial charge in [-0.05, 0) is 100 Å². The van der Waals surface area contributed by atoms with Crippen molar-refractivity contribution in [2.24, 2.45) is 23.7 Å². The molecule has 1 aromatic carbocycles. The molecule has 0 aromatic heterocycles. The summed E-state index contributed by atoms with van der Waals surface area (Å²) in [6.07, 6.45) is 21.8. The molecule has 6 nitrogen and oxygen atoms in total. The quantitative estimate of drug-likeness (QED) is 0.0575. The number of hydrogen-bond donors (Lipinski definition) is 3. The molecular weight excluding hydrogens is 661 g/mol. The molecule has 0 heterocycles. The molecule has 2 aliphatic carbocycles. The molecule has 1 aromatic rings. The van der Waals surface area contributed by atoms with Crippen LogP contribution in [-0.2, 0) is 74.9 Å². The Hall–Kier alpha value is -0.327. The van der Waals surface area contributed by atoms with Gasteiger partial charge < -0.3 is 21.0 Å². The van der Waals surface area contributed by atoms with E-state index in [9.17, 15) is 8.78 Å². The van der Waals surface area contributed by atoms with Gasteiger partial charge in [-0.3, -0.25) is 0 Å². The normalized spacial score (nSPS) is 21.2. The molecule has 0 aliphatic heterocycles. The third kappa shape index (κ3) is 16.6. The number of halogens is 2. The van der Waals surface area contributed by atoms with Crippen molar-refractivity contribution in [3.63, 3.8) is 0 Å². The fourth-order valence-electron chi connectivity index (χ4n) is 5.03. The summed E-state index contributed by atoms with van der Waals surface area (Å²) in [5.74, 6) is 0.806. The summed E-state index contributed by atoms with van der Waals surface area (Å²) in [5.41, 5.74) is 0. The SMILES string of the molecule is C=CCCCOc1ccc(OCC2CCC(C3CCC(C=C)CC3)CC2)c(F)c1F.OOO.[C-]#CO.[HH].[HH].[V].[V].[Y]. The summed E-state index contributed by atoms with van der Waals surface area (Å²) < 4.78 is 39.6. The van der Waals surface area contributed by atoms with E-state index in [0.717, 1.165) is 43.6 Å². The summed E-state index contributed by atoms with van der Waals surface area (Å²) >= 11 is 0. The molecule has 39 heavy (non-hydrogen) atoms. The summed E-state index contributed by atoms with van der Waals surface area (Å²) in [4.78, 5) is 0. The molecule has 0 spiro atoms. The van der Waals surface area contributed by atoms with Crippen molar-refractivity contribution in [3.8, 4) is 17.6 Å². The minimum Gasteiger partial charge on any atom is -0.648 e. The van der Waals surface area contributed by atoms with E-state index in [1.54, 1.807) is 6.08 Å². The summed E-state index contributed by atoms with van der Waals surface area (Å²) in [6, 6.07) is 2.93. The van der Waals surface area contributed by atoms with Crippen LogP contribution in [0, 0.1) is 47.8 Å². The van der Waals surface area contributed by atoms with Gasteiger partial charge in [-0.25, -0.2) is 10.5 Å². The molecule has 0 bridgehead atoms. The van der Waals surface area contributed by atoms with Crippen molar-refractivity contribution >= 4 is 0 Å². The van der Waals surface area contributed by atoms with Crippen molar-refractivity contribution in [3.05, 3.63) is 55.5 Å². The molecular formula is C28H43F2O6V2Y-. The van der Waals surface area contributed by atoms with Crippen LogP contribution in [0.2, 0.25) is 0 Å². The number of ether oxygens (including phenoxy) is 2. The summed E-state index contributed by atoms with van der Waals surface area (Å²) in [5, 5.41) is 22.5. The molecule has 0 amide bonds. The second kappa shape index (κ2) is 26.6. The number of aliphatic hydroxyl groups is 1. The van der Waals surface area contributed by atoms with Crippen LogP contribution < -0.4 is 9.47 Å². The van der Waals surface area contributed by atoms with Gasteiger partial charge in [-0.15, -0.1) is 13.2 Å². The van der Waals surface area contributed by atoms with Crippen LogP contribution >= 0.6 is 0 Å². The molecule has 11 heteroatoms. The molecule has 2 fully saturated rings. The van der Waals surface area contributed by atoms with Gasteiger partial charge >= 0.3 is 0 Å². The molecule has 2 aliphatic rings. The fourth-order valence-corrected chi connectivity index (χ4v) is 5.03. The number of aliphatic hydroxyl groups excluding tert-OH is 1. The van der Waals surface area contributed by atoms with Gasteiger partial charge in [-0.1, -0.05) is 17.2 Å². The van der Waals surface area contributed by atoms with Crippen LogP contribution in [0.25, 0.3) is 0 Å². The molecule has 3 radical (unpaired) electrons. The molecule has 219 valence electrons. The van der Waals surface area contributed by atoms with Crippen LogP contribution in [0.5, 0.6) is 11.5 Å². The minimum atomic E-state index is -0.968. The zero-order valence-electron chi connectivity index (χ0n) is 22.3. The Morgan fingerprint density at radius 2 is 1.36 bits per heavy atom. The van der Waals surface area contributed by atoms with E-state index in [1.807, 2.05) is 0 Å². The third-order valence-electron chi connectivity index (χ3n) is 7.00. The zero-order valence-corrected chi connectivity index (χ0v) is 27.9. The van der Waals surface area contributed by atoms with Crippen LogP contribution in [0.1, 0.15) is 67.1 Å². The van der Waals surface area contributed by atoms with E-state index in [1.165, 1.54) is 50.7 Å². The molecule has 0 atom stereocenters. The second-order valence-electron chi connectivity index (χ2n) is 9.16. The van der Waals surface area contributed by atoms with Gasteiger partial charge in [0, 0.05) is 72.7 Å². The first-order valence-corrected chi connectivity index (χ1v) is 12.4. The van der Waals surface area contributed by atoms with Gasteiger partial charge in [0.15, 0.2) is 11.5 Å². The number of rotatable bonds is 10. The first-order valence-electron chi connectivity index (χ1n) is 12.4. The first-order chi connectivity index (χ1) is 17.4. The van der Waals surface area contributed by atoms with Crippen LogP contribution in [0.4, 0.5) is 8.78 Å². The molecule has 3 rings (SSSR count). The Morgan fingerprint density at radius 3 is 1.79 bits per heavy atom. The van der Waals surface area contributed by atoms with Crippen molar-refractivity contribution < 1.29 is 112 Å². The van der Waals surface area contributed by atoms with Gasteiger partial charge in [0.05, 0.1) is 13.2 Å². The van der Waals surface area contributed by atoms with Crippen molar-refractivity contribution in [2.45, 2.75) is 64.2 Å². The zero-order chi connectivity index (χ0) is 26.8. The number of benzene rings is 1. The summed E-state index contributed by atoms with van der Waals surface area (Å²) in [7, 11) is 0. The third-order valence-corrected chi connectivity index (χ3v) is 7.00. The maximum absolute atomic E-state index is 14.4. The topological polar surface area (TPSA) is 88.4 Å². The Morgan fingerprint density at radius 1 is 0.923 bits per heavy atom. The Labute approximate surface area is 283 Å². The van der Waals surface area contributed by atoms with Gasteiger partial charge in [0.1, 0.15) is 0 Å². The fraction of sp³-hybridized carbons (Fsp3) is 0.571. The average Bonchev–Trinajstić information content (AvgIpc) is 2.90. The summed E-state index contributed by atoms with van der Waals surface area (Å²) in [6.45, 7) is 8.36. The standard InChI is InChI=1S/C26H36F2O2.C2HO.H2O3.2V.Y.2H2/c1-3-5-6-17-29-23-15-16-24(26(28)25(23)27)30-18-20-9-13-22(14-10-20)21-11-7-19(4-2)8-12-21;1-2-3;1-3-2;;;;;/h3-4,15-16,19-22H,1-2,5-14,17-18H2;3H;1-2H;;;;2*1H/q;-1;;;;;;. The van der Waals surface area contributed by atoms with Crippen molar-refractivity contribution in [1.82, 2.24) is 0 Å². The van der Waals surface area contributed by atoms with Crippen molar-refractivity contribution in [1.29, 1.82) is 0 Å². The Kier molecular flexibility index (Phi) is 29.4. The van der Waals surface area contributed by atoms with E-state index < -0.39 is 11.6 Å². The maximum Gasteiger partial charge on any atom is 0.204 e. The molecule has 0 unspecified atom stereocenters. The van der Waals surface area contributed by atoms with Crippen LogP contribution in [0.15, 0.2) is 37.4 Å². The van der Waals surface area contributed by atoms with E-state index in [2.05, 4.69) is 24.3 Å². The largest absolute Gasteiger partial charge is 0.648 e. The Bertz CT molecular complexity index is 824. The van der Waals surface area contributed by atoms with Crippen molar-refractivity contribution in [2.75, 3.05) is 13.2 Å². The number of allylic oxidation sites excluding steroid dienone is 2. The number of hydrogen-bond acceptors (Lipinski definition) is 6. The molecule has 3 N–H and O–H groups in total. The smallest absolute Gasteiger partial charge is 0.204 e. The average molecular weight is 704 g/mol. The first kappa shape index (κ1) is 43.1.